The fraction of sp³-hybridized carbons (Fsp3) is 1.00. The lowest BCUT2D eigenvalue weighted by molar-refractivity contribution is -0.0897. The van der Waals surface area contributed by atoms with Crippen LogP contribution in [0.4, 0.5) is 0 Å². The number of aliphatic hydroxyl groups excluding tert-OH is 1. The second-order valence-electron chi connectivity index (χ2n) is 5.73. The molecule has 0 bridgehead atoms. The van der Waals surface area contributed by atoms with Crippen LogP contribution in [-0.4, -0.2) is 48.0 Å². The predicted molar refractivity (Wildman–Crippen MR) is 62.3 cm³/mol. The lowest BCUT2D eigenvalue weighted by atomic mass is 9.85. The van der Waals surface area contributed by atoms with Crippen molar-refractivity contribution in [3.05, 3.63) is 0 Å². The monoisotopic (exact) mass is 225 g/mol. The summed E-state index contributed by atoms with van der Waals surface area (Å²) in [6.07, 6.45) is 7.82. The molecule has 1 aliphatic heterocycles. The van der Waals surface area contributed by atoms with Crippen LogP contribution in [0, 0.1) is 5.92 Å². The predicted octanol–water partition coefficient (Wildman–Crippen LogP) is 1.40. The largest absolute Gasteiger partial charge is 0.396 e. The molecule has 16 heavy (non-hydrogen) atoms. The van der Waals surface area contributed by atoms with Crippen molar-refractivity contribution in [3.8, 4) is 0 Å². The highest BCUT2D eigenvalue weighted by molar-refractivity contribution is 4.96. The van der Waals surface area contributed by atoms with Crippen molar-refractivity contribution in [1.29, 1.82) is 0 Å². The van der Waals surface area contributed by atoms with Crippen LogP contribution in [0.3, 0.4) is 0 Å². The van der Waals surface area contributed by atoms with Crippen molar-refractivity contribution >= 4 is 0 Å². The molecule has 0 atom stereocenters. The number of hydrogen-bond acceptors (Lipinski definition) is 3. The van der Waals surface area contributed by atoms with E-state index in [2.05, 4.69) is 4.90 Å². The van der Waals surface area contributed by atoms with Gasteiger partial charge in [-0.2, -0.15) is 0 Å². The van der Waals surface area contributed by atoms with Crippen LogP contribution in [0.25, 0.3) is 0 Å². The van der Waals surface area contributed by atoms with Crippen molar-refractivity contribution < 1.29 is 9.84 Å². The maximum absolute atomic E-state index is 9.17. The van der Waals surface area contributed by atoms with E-state index >= 15 is 0 Å². The molecule has 3 rings (SSSR count). The summed E-state index contributed by atoms with van der Waals surface area (Å²) < 4.78 is 5.35. The molecule has 0 aromatic heterocycles. The highest BCUT2D eigenvalue weighted by Crippen LogP contribution is 2.37. The molecule has 0 unspecified atom stereocenters. The summed E-state index contributed by atoms with van der Waals surface area (Å²) in [7, 11) is 0. The molecule has 1 saturated heterocycles. The van der Waals surface area contributed by atoms with Gasteiger partial charge in [-0.15, -0.1) is 0 Å². The average Bonchev–Trinajstić information content (AvgIpc) is 3.07. The van der Waals surface area contributed by atoms with Crippen LogP contribution in [0.1, 0.15) is 38.5 Å². The van der Waals surface area contributed by atoms with Gasteiger partial charge in [0.1, 0.15) is 0 Å². The van der Waals surface area contributed by atoms with Gasteiger partial charge in [-0.25, -0.2) is 0 Å². The molecule has 1 N–H and O–H groups in total. The number of hydrogen-bond donors (Lipinski definition) is 1. The molecule has 0 aromatic rings. The zero-order valence-corrected chi connectivity index (χ0v) is 9.98. The van der Waals surface area contributed by atoms with E-state index in [1.165, 1.54) is 38.5 Å². The van der Waals surface area contributed by atoms with Gasteiger partial charge in [0.2, 0.25) is 0 Å². The molecule has 3 aliphatic rings. The lowest BCUT2D eigenvalue weighted by Gasteiger charge is -2.44. The molecule has 0 spiro atoms. The highest BCUT2D eigenvalue weighted by Gasteiger charge is 2.41. The number of nitrogens with zero attached hydrogens (tertiary/aromatic N) is 1. The molecular weight excluding hydrogens is 202 g/mol. The Morgan fingerprint density at radius 2 is 1.44 bits per heavy atom. The van der Waals surface area contributed by atoms with Gasteiger partial charge in [-0.3, -0.25) is 4.90 Å². The summed E-state index contributed by atoms with van der Waals surface area (Å²) in [5, 5.41) is 9.17. The number of aliphatic hydroxyl groups is 1. The molecule has 0 radical (unpaired) electrons. The third-order valence-corrected chi connectivity index (χ3v) is 4.51. The summed E-state index contributed by atoms with van der Waals surface area (Å²) in [6, 6.07) is 2.36. The molecule has 3 fully saturated rings. The highest BCUT2D eigenvalue weighted by atomic mass is 16.5. The molecule has 1 heterocycles. The van der Waals surface area contributed by atoms with Crippen molar-refractivity contribution in [3.63, 3.8) is 0 Å². The number of rotatable bonds is 4. The maximum atomic E-state index is 9.17. The van der Waals surface area contributed by atoms with Crippen molar-refractivity contribution in [2.45, 2.75) is 56.7 Å². The Morgan fingerprint density at radius 1 is 0.875 bits per heavy atom. The SMILES string of the molecule is OCC1CCC(N(C2CC2)C2COC2)CC1. The minimum absolute atomic E-state index is 0.392. The Morgan fingerprint density at radius 3 is 1.81 bits per heavy atom. The third-order valence-electron chi connectivity index (χ3n) is 4.51. The van der Waals surface area contributed by atoms with Crippen LogP contribution in [-0.2, 0) is 4.74 Å². The molecule has 3 nitrogen and oxygen atoms in total. The van der Waals surface area contributed by atoms with Gasteiger partial charge in [0.15, 0.2) is 0 Å². The van der Waals surface area contributed by atoms with Crippen LogP contribution in [0.2, 0.25) is 0 Å². The maximum Gasteiger partial charge on any atom is 0.0645 e. The first kappa shape index (κ1) is 11.0. The van der Waals surface area contributed by atoms with Crippen molar-refractivity contribution in [2.24, 2.45) is 5.92 Å². The molecule has 2 saturated carbocycles. The van der Waals surface area contributed by atoms with E-state index in [9.17, 15) is 5.11 Å². The van der Waals surface area contributed by atoms with E-state index in [-0.39, 0.29) is 0 Å². The van der Waals surface area contributed by atoms with Crippen molar-refractivity contribution in [2.75, 3.05) is 19.8 Å². The van der Waals surface area contributed by atoms with Crippen LogP contribution in [0.15, 0.2) is 0 Å². The minimum Gasteiger partial charge on any atom is -0.396 e. The molecule has 0 amide bonds. The number of ether oxygens (including phenoxy) is 1. The van der Waals surface area contributed by atoms with Gasteiger partial charge in [-0.05, 0) is 44.4 Å². The Kier molecular flexibility index (Phi) is 3.18. The zero-order valence-electron chi connectivity index (χ0n) is 9.98. The Hall–Kier alpha value is -0.120. The van der Waals surface area contributed by atoms with Crippen LogP contribution >= 0.6 is 0 Å². The van der Waals surface area contributed by atoms with Gasteiger partial charge >= 0.3 is 0 Å². The minimum atomic E-state index is 0.392. The van der Waals surface area contributed by atoms with E-state index in [1.807, 2.05) is 0 Å². The van der Waals surface area contributed by atoms with E-state index in [4.69, 9.17) is 4.74 Å². The van der Waals surface area contributed by atoms with Gasteiger partial charge in [0.25, 0.3) is 0 Å². The average molecular weight is 225 g/mol. The smallest absolute Gasteiger partial charge is 0.0645 e. The second-order valence-corrected chi connectivity index (χ2v) is 5.73. The fourth-order valence-corrected chi connectivity index (χ4v) is 3.29. The Labute approximate surface area is 97.8 Å². The van der Waals surface area contributed by atoms with Gasteiger partial charge < -0.3 is 9.84 Å². The molecule has 0 aromatic carbocycles. The fourth-order valence-electron chi connectivity index (χ4n) is 3.29. The van der Waals surface area contributed by atoms with Crippen LogP contribution < -0.4 is 0 Å². The topological polar surface area (TPSA) is 32.7 Å². The summed E-state index contributed by atoms with van der Waals surface area (Å²) in [6.45, 7) is 2.30. The first-order valence-corrected chi connectivity index (χ1v) is 6.84. The lowest BCUT2D eigenvalue weighted by Crippen LogP contribution is -2.55. The molecule has 92 valence electrons. The second kappa shape index (κ2) is 4.63. The Bertz CT molecular complexity index is 230. The van der Waals surface area contributed by atoms with Gasteiger partial charge in [-0.1, -0.05) is 0 Å². The first-order chi connectivity index (χ1) is 7.88. The quantitative estimate of drug-likeness (QED) is 0.785. The van der Waals surface area contributed by atoms with Crippen molar-refractivity contribution in [1.82, 2.24) is 4.90 Å². The standard InChI is InChI=1S/C13H23NO2/c15-7-10-1-3-11(4-2-10)14(12-5-6-12)13-8-16-9-13/h10-13,15H,1-9H2. The molecule has 2 aliphatic carbocycles. The van der Waals surface area contributed by atoms with E-state index in [1.54, 1.807) is 0 Å². The summed E-state index contributed by atoms with van der Waals surface area (Å²) in [5.41, 5.74) is 0. The van der Waals surface area contributed by atoms with Crippen LogP contribution in [0.5, 0.6) is 0 Å². The van der Waals surface area contributed by atoms with Gasteiger partial charge in [0, 0.05) is 18.7 Å². The third kappa shape index (κ3) is 2.13. The van der Waals surface area contributed by atoms with E-state index in [0.29, 0.717) is 18.6 Å². The van der Waals surface area contributed by atoms with E-state index in [0.717, 1.165) is 25.3 Å². The van der Waals surface area contributed by atoms with Gasteiger partial charge in [0.05, 0.1) is 19.3 Å². The zero-order chi connectivity index (χ0) is 11.0. The summed E-state index contributed by atoms with van der Waals surface area (Å²) in [5.74, 6) is 0.579. The first-order valence-electron chi connectivity index (χ1n) is 6.84. The molecule has 3 heteroatoms. The Balaban J connectivity index is 1.57. The summed E-state index contributed by atoms with van der Waals surface area (Å²) in [4.78, 5) is 2.76. The van der Waals surface area contributed by atoms with E-state index < -0.39 is 0 Å². The summed E-state index contributed by atoms with van der Waals surface area (Å²) >= 11 is 0. The molecular formula is C13H23NO2. The normalized spacial score (nSPS) is 36.4.